The van der Waals surface area contributed by atoms with Crippen molar-refractivity contribution in [2.24, 2.45) is 0 Å². The Morgan fingerprint density at radius 3 is 2.35 bits per heavy atom. The second-order valence-electron chi connectivity index (χ2n) is 4.65. The summed E-state index contributed by atoms with van der Waals surface area (Å²) in [6, 6.07) is 4.42. The summed E-state index contributed by atoms with van der Waals surface area (Å²) in [6.07, 6.45) is 0.854. The lowest BCUT2D eigenvalue weighted by atomic mass is 10.1. The number of rotatable bonds is 6. The van der Waals surface area contributed by atoms with E-state index >= 15 is 0 Å². The molecule has 0 bridgehead atoms. The zero-order chi connectivity index (χ0) is 15.1. The van der Waals surface area contributed by atoms with Gasteiger partial charge in [0.1, 0.15) is 11.9 Å². The Morgan fingerprint density at radius 2 is 1.85 bits per heavy atom. The van der Waals surface area contributed by atoms with E-state index in [-0.39, 0.29) is 11.9 Å². The van der Waals surface area contributed by atoms with Gasteiger partial charge in [0.15, 0.2) is 0 Å². The Kier molecular flexibility index (Phi) is 5.96. The van der Waals surface area contributed by atoms with Gasteiger partial charge in [0.2, 0.25) is 0 Å². The summed E-state index contributed by atoms with van der Waals surface area (Å²) in [6.45, 7) is 3.48. The second kappa shape index (κ2) is 7.47. The maximum absolute atomic E-state index is 12.8. The summed E-state index contributed by atoms with van der Waals surface area (Å²) in [5.74, 6) is -1.37. The molecule has 6 heteroatoms. The third kappa shape index (κ3) is 5.26. The van der Waals surface area contributed by atoms with Crippen LogP contribution in [0.25, 0.3) is 0 Å². The number of halogens is 1. The van der Waals surface area contributed by atoms with Crippen molar-refractivity contribution in [1.82, 2.24) is 10.6 Å². The van der Waals surface area contributed by atoms with E-state index in [2.05, 4.69) is 10.6 Å². The minimum atomic E-state index is -1.06. The Balaban J connectivity index is 2.45. The highest BCUT2D eigenvalue weighted by atomic mass is 19.1. The van der Waals surface area contributed by atoms with Gasteiger partial charge in [-0.05, 0) is 37.5 Å². The van der Waals surface area contributed by atoms with Crippen LogP contribution in [0.3, 0.4) is 0 Å². The van der Waals surface area contributed by atoms with Crippen LogP contribution in [0, 0.1) is 5.82 Å². The first-order valence-corrected chi connectivity index (χ1v) is 6.46. The normalized spacial score (nSPS) is 13.3. The van der Waals surface area contributed by atoms with Crippen molar-refractivity contribution in [1.29, 1.82) is 0 Å². The first-order chi connectivity index (χ1) is 9.42. The van der Waals surface area contributed by atoms with E-state index < -0.39 is 18.0 Å². The van der Waals surface area contributed by atoms with Crippen molar-refractivity contribution in [2.75, 3.05) is 0 Å². The van der Waals surface area contributed by atoms with Crippen LogP contribution < -0.4 is 10.6 Å². The van der Waals surface area contributed by atoms with Gasteiger partial charge >= 0.3 is 12.0 Å². The molecule has 2 amide bonds. The first kappa shape index (κ1) is 15.9. The molecule has 1 aromatic rings. The molecular weight excluding hydrogens is 263 g/mol. The van der Waals surface area contributed by atoms with Crippen LogP contribution in [0.5, 0.6) is 0 Å². The lowest BCUT2D eigenvalue weighted by Crippen LogP contribution is -2.48. The molecule has 5 nitrogen and oxygen atoms in total. The van der Waals surface area contributed by atoms with E-state index in [9.17, 15) is 14.0 Å². The van der Waals surface area contributed by atoms with E-state index in [4.69, 9.17) is 5.11 Å². The first-order valence-electron chi connectivity index (χ1n) is 6.46. The molecule has 0 spiro atoms. The molecule has 3 N–H and O–H groups in total. The van der Waals surface area contributed by atoms with E-state index in [0.717, 1.165) is 5.56 Å². The fourth-order valence-electron chi connectivity index (χ4n) is 1.79. The molecule has 0 radical (unpaired) electrons. The number of hydrogen-bond donors (Lipinski definition) is 3. The lowest BCUT2D eigenvalue weighted by molar-refractivity contribution is -0.139. The molecular formula is C14H19FN2O3. The lowest BCUT2D eigenvalue weighted by Gasteiger charge is -2.17. The summed E-state index contributed by atoms with van der Waals surface area (Å²) in [5.41, 5.74) is 0.893. The molecule has 0 aliphatic heterocycles. The highest BCUT2D eigenvalue weighted by Crippen LogP contribution is 2.05. The zero-order valence-corrected chi connectivity index (χ0v) is 11.5. The number of benzene rings is 1. The van der Waals surface area contributed by atoms with Gasteiger partial charge in [0.05, 0.1) is 0 Å². The number of carboxylic acid groups (broad SMARTS) is 1. The maximum Gasteiger partial charge on any atom is 0.326 e. The van der Waals surface area contributed by atoms with E-state index in [1.165, 1.54) is 12.1 Å². The predicted molar refractivity (Wildman–Crippen MR) is 72.9 cm³/mol. The van der Waals surface area contributed by atoms with E-state index in [1.54, 1.807) is 26.0 Å². The predicted octanol–water partition coefficient (Wildman–Crippen LogP) is 1.92. The molecule has 20 heavy (non-hydrogen) atoms. The molecule has 1 unspecified atom stereocenters. The molecule has 0 saturated heterocycles. The molecule has 2 atom stereocenters. The van der Waals surface area contributed by atoms with Crippen LogP contribution in [0.2, 0.25) is 0 Å². The third-order valence-corrected chi connectivity index (χ3v) is 2.84. The highest BCUT2D eigenvalue weighted by molar-refractivity contribution is 5.82. The van der Waals surface area contributed by atoms with Crippen molar-refractivity contribution in [3.63, 3.8) is 0 Å². The van der Waals surface area contributed by atoms with Gasteiger partial charge < -0.3 is 15.7 Å². The monoisotopic (exact) mass is 282 g/mol. The standard InChI is InChI=1S/C14H19FN2O3/c1-3-12(13(18)19)17-14(20)16-9(2)8-10-4-6-11(15)7-5-10/h4-7,9,12H,3,8H2,1-2H3,(H,18,19)(H2,16,17,20)/t9?,12-/m0/s1. The van der Waals surface area contributed by atoms with Gasteiger partial charge in [-0.1, -0.05) is 19.1 Å². The molecule has 0 saturated carbocycles. The van der Waals surface area contributed by atoms with Crippen LogP contribution in [0.1, 0.15) is 25.8 Å². The summed E-state index contributed by atoms with van der Waals surface area (Å²) in [7, 11) is 0. The molecule has 110 valence electrons. The summed E-state index contributed by atoms with van der Waals surface area (Å²) >= 11 is 0. The van der Waals surface area contributed by atoms with Crippen LogP contribution >= 0.6 is 0 Å². The van der Waals surface area contributed by atoms with Crippen molar-refractivity contribution in [2.45, 2.75) is 38.8 Å². The number of urea groups is 1. The number of carbonyl (C=O) groups excluding carboxylic acids is 1. The fourth-order valence-corrected chi connectivity index (χ4v) is 1.79. The minimum Gasteiger partial charge on any atom is -0.480 e. The molecule has 1 aromatic carbocycles. The topological polar surface area (TPSA) is 78.4 Å². The van der Waals surface area contributed by atoms with Crippen LogP contribution in [-0.4, -0.2) is 29.2 Å². The third-order valence-electron chi connectivity index (χ3n) is 2.84. The van der Waals surface area contributed by atoms with Gasteiger partial charge in [-0.15, -0.1) is 0 Å². The molecule has 0 fully saturated rings. The number of carboxylic acids is 1. The number of nitrogens with one attached hydrogen (secondary N) is 2. The molecule has 1 rings (SSSR count). The van der Waals surface area contributed by atoms with E-state index in [1.807, 2.05) is 0 Å². The minimum absolute atomic E-state index is 0.188. The molecule has 0 aromatic heterocycles. The Hall–Kier alpha value is -2.11. The van der Waals surface area contributed by atoms with Crippen LogP contribution in [-0.2, 0) is 11.2 Å². The van der Waals surface area contributed by atoms with Gasteiger partial charge in [-0.2, -0.15) is 0 Å². The smallest absolute Gasteiger partial charge is 0.326 e. The van der Waals surface area contributed by atoms with Crippen molar-refractivity contribution in [3.05, 3.63) is 35.6 Å². The van der Waals surface area contributed by atoms with Gasteiger partial charge in [0, 0.05) is 6.04 Å². The highest BCUT2D eigenvalue weighted by Gasteiger charge is 2.18. The van der Waals surface area contributed by atoms with Crippen molar-refractivity contribution >= 4 is 12.0 Å². The van der Waals surface area contributed by atoms with Crippen LogP contribution in [0.15, 0.2) is 24.3 Å². The molecule has 0 aliphatic rings. The number of carbonyl (C=O) groups is 2. The zero-order valence-electron chi connectivity index (χ0n) is 11.5. The Bertz CT molecular complexity index is 462. The number of amides is 2. The second-order valence-corrected chi connectivity index (χ2v) is 4.65. The van der Waals surface area contributed by atoms with Gasteiger partial charge in [-0.3, -0.25) is 0 Å². The SMILES string of the molecule is CC[C@H](NC(=O)NC(C)Cc1ccc(F)cc1)C(=O)O. The summed E-state index contributed by atoms with van der Waals surface area (Å²) < 4.78 is 12.8. The average molecular weight is 282 g/mol. The number of hydrogen-bond acceptors (Lipinski definition) is 2. The Labute approximate surface area is 117 Å². The summed E-state index contributed by atoms with van der Waals surface area (Å²) in [5, 5.41) is 13.9. The van der Waals surface area contributed by atoms with Crippen molar-refractivity contribution < 1.29 is 19.1 Å². The largest absolute Gasteiger partial charge is 0.480 e. The van der Waals surface area contributed by atoms with Gasteiger partial charge in [0.25, 0.3) is 0 Å². The quantitative estimate of drug-likeness (QED) is 0.746. The molecule has 0 aliphatic carbocycles. The fraction of sp³-hybridized carbons (Fsp3) is 0.429. The van der Waals surface area contributed by atoms with Gasteiger partial charge in [-0.25, -0.2) is 14.0 Å². The van der Waals surface area contributed by atoms with Crippen molar-refractivity contribution in [3.8, 4) is 0 Å². The van der Waals surface area contributed by atoms with E-state index in [0.29, 0.717) is 12.8 Å². The van der Waals surface area contributed by atoms with Crippen LogP contribution in [0.4, 0.5) is 9.18 Å². The summed E-state index contributed by atoms with van der Waals surface area (Å²) in [4.78, 5) is 22.4. The molecule has 0 heterocycles. The number of aliphatic carboxylic acids is 1. The average Bonchev–Trinajstić information content (AvgIpc) is 2.38. The Morgan fingerprint density at radius 1 is 1.25 bits per heavy atom. The maximum atomic E-state index is 12.8.